The minimum Gasteiger partial charge on any atom is -0.398 e. The smallest absolute Gasteiger partial charge is 0.129 e. The minimum atomic E-state index is 0.281. The summed E-state index contributed by atoms with van der Waals surface area (Å²) >= 11 is 6.75. The number of amidine groups is 1. The molecule has 33 heavy (non-hydrogen) atoms. The van der Waals surface area contributed by atoms with Gasteiger partial charge in [0.2, 0.25) is 0 Å². The van der Waals surface area contributed by atoms with Crippen LogP contribution >= 0.6 is 11.6 Å². The molecule has 0 atom stereocenters. The van der Waals surface area contributed by atoms with Crippen molar-refractivity contribution in [2.45, 2.75) is 0 Å². The normalized spacial score (nSPS) is 17.7. The van der Waals surface area contributed by atoms with Gasteiger partial charge in [0.1, 0.15) is 5.84 Å². The van der Waals surface area contributed by atoms with Gasteiger partial charge >= 0.3 is 0 Å². The van der Waals surface area contributed by atoms with Crippen LogP contribution in [0.25, 0.3) is 11.8 Å². The number of piperazine rings is 1. The topological polar surface area (TPSA) is 96.9 Å². The number of halogens is 1. The molecule has 1 aliphatic rings. The van der Waals surface area contributed by atoms with Crippen LogP contribution in [0.5, 0.6) is 0 Å². The highest BCUT2D eigenvalue weighted by atomic mass is 35.5. The van der Waals surface area contributed by atoms with Crippen LogP contribution in [0.2, 0.25) is 0 Å². The molecule has 2 aromatic carbocycles. The van der Waals surface area contributed by atoms with Gasteiger partial charge < -0.3 is 22.1 Å². The van der Waals surface area contributed by atoms with Gasteiger partial charge in [-0.05, 0) is 24.3 Å². The molecule has 3 rings (SSSR count). The van der Waals surface area contributed by atoms with E-state index in [9.17, 15) is 0 Å². The Morgan fingerprint density at radius 2 is 1.55 bits per heavy atom. The van der Waals surface area contributed by atoms with Gasteiger partial charge in [-0.1, -0.05) is 78.3 Å². The third-order valence-corrected chi connectivity index (χ3v) is 6.03. The summed E-state index contributed by atoms with van der Waals surface area (Å²) in [6.07, 6.45) is 3.70. The highest BCUT2D eigenvalue weighted by molar-refractivity contribution is 6.38. The number of likely N-dealkylation sites (N-methyl/N-ethyl adjacent to an activating group) is 1. The van der Waals surface area contributed by atoms with Crippen LogP contribution in [0.1, 0.15) is 11.1 Å². The van der Waals surface area contributed by atoms with Crippen LogP contribution in [-0.4, -0.2) is 62.0 Å². The third-order valence-electron chi connectivity index (χ3n) is 5.63. The van der Waals surface area contributed by atoms with E-state index in [0.29, 0.717) is 23.5 Å². The summed E-state index contributed by atoms with van der Waals surface area (Å²) in [5, 5.41) is 0.289. The molecular weight excluding hydrogens is 432 g/mol. The molecule has 1 fully saturated rings. The van der Waals surface area contributed by atoms with E-state index < -0.39 is 0 Å². The lowest BCUT2D eigenvalue weighted by Crippen LogP contribution is -2.45. The molecule has 7 heteroatoms. The Labute approximate surface area is 201 Å². The van der Waals surface area contributed by atoms with Crippen LogP contribution in [0.3, 0.4) is 0 Å². The molecular formula is C26H33ClN6. The molecule has 1 saturated heterocycles. The van der Waals surface area contributed by atoms with Crippen LogP contribution in [0.15, 0.2) is 88.0 Å². The van der Waals surface area contributed by atoms with Crippen molar-refractivity contribution >= 4 is 29.2 Å². The van der Waals surface area contributed by atoms with Crippen molar-refractivity contribution in [1.29, 1.82) is 0 Å². The van der Waals surface area contributed by atoms with E-state index in [4.69, 9.17) is 28.8 Å². The first-order valence-electron chi connectivity index (χ1n) is 11.1. The molecule has 6 N–H and O–H groups in total. The summed E-state index contributed by atoms with van der Waals surface area (Å²) in [5.41, 5.74) is 22.3. The average Bonchev–Trinajstić information content (AvgIpc) is 2.84. The number of nitrogens with zero attached hydrogens (tertiary/aromatic N) is 3. The average molecular weight is 465 g/mol. The first-order chi connectivity index (χ1) is 16.0. The molecule has 0 aromatic heterocycles. The summed E-state index contributed by atoms with van der Waals surface area (Å²) in [6.45, 7) is 5.56. The van der Waals surface area contributed by atoms with Crippen molar-refractivity contribution in [3.8, 4) is 0 Å². The fourth-order valence-corrected chi connectivity index (χ4v) is 3.88. The van der Waals surface area contributed by atoms with Crippen LogP contribution in [0.4, 0.5) is 0 Å². The van der Waals surface area contributed by atoms with Gasteiger partial charge in [0.05, 0.1) is 22.8 Å². The second-order valence-electron chi connectivity index (χ2n) is 8.08. The second kappa shape index (κ2) is 12.3. The van der Waals surface area contributed by atoms with Crippen LogP contribution < -0.4 is 17.2 Å². The minimum absolute atomic E-state index is 0.281. The third kappa shape index (κ3) is 7.22. The number of hydrogen-bond acceptors (Lipinski definition) is 5. The van der Waals surface area contributed by atoms with Gasteiger partial charge in [0, 0.05) is 38.4 Å². The number of nitrogens with two attached hydrogens (primary N) is 3. The van der Waals surface area contributed by atoms with E-state index in [1.807, 2.05) is 66.7 Å². The SMILES string of the molecule is CN1CCN(CCN=C(N)C(=C(N)/C=C/c2ccccc2)/C(Cl)=C(\N)c2ccccc2)CC1. The van der Waals surface area contributed by atoms with Gasteiger partial charge in [-0.3, -0.25) is 9.89 Å². The maximum absolute atomic E-state index is 6.75. The molecule has 6 nitrogen and oxygen atoms in total. The number of hydrogen-bond donors (Lipinski definition) is 3. The molecule has 1 heterocycles. The maximum Gasteiger partial charge on any atom is 0.129 e. The Bertz CT molecular complexity index is 1020. The quantitative estimate of drug-likeness (QED) is 0.317. The highest BCUT2D eigenvalue weighted by Gasteiger charge is 2.17. The zero-order chi connectivity index (χ0) is 23.6. The Balaban J connectivity index is 1.88. The van der Waals surface area contributed by atoms with E-state index >= 15 is 0 Å². The van der Waals surface area contributed by atoms with E-state index in [0.717, 1.165) is 43.9 Å². The fourth-order valence-electron chi connectivity index (χ4n) is 3.56. The van der Waals surface area contributed by atoms with Crippen molar-refractivity contribution in [3.05, 3.63) is 94.2 Å². The van der Waals surface area contributed by atoms with Crippen LogP contribution in [0, 0.1) is 0 Å². The van der Waals surface area contributed by atoms with Crippen LogP contribution in [-0.2, 0) is 0 Å². The van der Waals surface area contributed by atoms with E-state index in [2.05, 4.69) is 21.8 Å². The first kappa shape index (κ1) is 24.6. The van der Waals surface area contributed by atoms with Gasteiger partial charge in [-0.25, -0.2) is 0 Å². The molecule has 2 aromatic rings. The lowest BCUT2D eigenvalue weighted by molar-refractivity contribution is 0.157. The van der Waals surface area contributed by atoms with Crippen molar-refractivity contribution in [3.63, 3.8) is 0 Å². The van der Waals surface area contributed by atoms with Gasteiger partial charge in [-0.2, -0.15) is 0 Å². The summed E-state index contributed by atoms with van der Waals surface area (Å²) in [6, 6.07) is 19.4. The molecule has 174 valence electrons. The fraction of sp³-hybridized carbons (Fsp3) is 0.269. The number of benzene rings is 2. The Morgan fingerprint density at radius 3 is 2.18 bits per heavy atom. The number of allylic oxidation sites excluding steroid dienone is 1. The molecule has 0 radical (unpaired) electrons. The van der Waals surface area contributed by atoms with E-state index in [-0.39, 0.29) is 10.9 Å². The van der Waals surface area contributed by atoms with E-state index in [1.54, 1.807) is 6.08 Å². The number of rotatable bonds is 8. The summed E-state index contributed by atoms with van der Waals surface area (Å²) in [7, 11) is 2.14. The molecule has 0 amide bonds. The Kier molecular flexibility index (Phi) is 9.13. The maximum atomic E-state index is 6.75. The summed E-state index contributed by atoms with van der Waals surface area (Å²) < 4.78 is 0. The molecule has 0 spiro atoms. The zero-order valence-electron chi connectivity index (χ0n) is 19.1. The van der Waals surface area contributed by atoms with E-state index in [1.165, 1.54) is 0 Å². The number of aliphatic imine (C=N–C) groups is 1. The van der Waals surface area contributed by atoms with Gasteiger partial charge in [0.25, 0.3) is 0 Å². The molecule has 0 unspecified atom stereocenters. The van der Waals surface area contributed by atoms with Crippen molar-refractivity contribution in [2.24, 2.45) is 22.2 Å². The van der Waals surface area contributed by atoms with Gasteiger partial charge in [0.15, 0.2) is 0 Å². The van der Waals surface area contributed by atoms with Gasteiger partial charge in [-0.15, -0.1) is 0 Å². The predicted octanol–water partition coefficient (Wildman–Crippen LogP) is 3.08. The molecule has 0 bridgehead atoms. The first-order valence-corrected chi connectivity index (χ1v) is 11.5. The Hall–Kier alpha value is -3.06. The zero-order valence-corrected chi connectivity index (χ0v) is 19.9. The largest absolute Gasteiger partial charge is 0.398 e. The second-order valence-corrected chi connectivity index (χ2v) is 8.46. The van der Waals surface area contributed by atoms with Crippen molar-refractivity contribution in [2.75, 3.05) is 46.3 Å². The molecule has 1 aliphatic heterocycles. The standard InChI is InChI=1S/C26H33ClN6/c1-32-16-18-33(19-17-32)15-14-31-26(30)23(22(28)13-12-20-8-4-2-5-9-20)24(27)25(29)21-10-6-3-7-11-21/h2-13H,14-19,28-29H2,1H3,(H2,30,31)/b13-12+,23-22-,25-24+. The Morgan fingerprint density at radius 1 is 0.939 bits per heavy atom. The predicted molar refractivity (Wildman–Crippen MR) is 141 cm³/mol. The summed E-state index contributed by atoms with van der Waals surface area (Å²) in [5.74, 6) is 0.281. The highest BCUT2D eigenvalue weighted by Crippen LogP contribution is 2.25. The van der Waals surface area contributed by atoms with Crippen molar-refractivity contribution < 1.29 is 0 Å². The summed E-state index contributed by atoms with van der Waals surface area (Å²) in [4.78, 5) is 9.31. The molecule has 0 aliphatic carbocycles. The van der Waals surface area contributed by atoms with Crippen molar-refractivity contribution in [1.82, 2.24) is 9.80 Å². The molecule has 0 saturated carbocycles. The lowest BCUT2D eigenvalue weighted by atomic mass is 10.1. The lowest BCUT2D eigenvalue weighted by Gasteiger charge is -2.31. The monoisotopic (exact) mass is 464 g/mol.